The third-order valence-electron chi connectivity index (χ3n) is 4.12. The highest BCUT2D eigenvalue weighted by Crippen LogP contribution is 2.20. The van der Waals surface area contributed by atoms with Gasteiger partial charge in [-0.15, -0.1) is 0 Å². The van der Waals surface area contributed by atoms with Crippen molar-refractivity contribution in [1.29, 1.82) is 5.26 Å². The number of hydrogen-bond donors (Lipinski definition) is 3. The first kappa shape index (κ1) is 21.9. The van der Waals surface area contributed by atoms with Crippen LogP contribution in [0.1, 0.15) is 43.1 Å². The van der Waals surface area contributed by atoms with Crippen LogP contribution in [0.5, 0.6) is 0 Å². The Morgan fingerprint density at radius 1 is 1.07 bits per heavy atom. The summed E-state index contributed by atoms with van der Waals surface area (Å²) in [5, 5.41) is 19.9. The van der Waals surface area contributed by atoms with Gasteiger partial charge in [0, 0.05) is 12.0 Å². The molecule has 0 bridgehead atoms. The predicted molar refractivity (Wildman–Crippen MR) is 104 cm³/mol. The molecule has 6 nitrogen and oxygen atoms in total. The molecule has 1 atom stereocenters. The number of amides is 2. The molecule has 0 aliphatic carbocycles. The fraction of sp³-hybridized carbons (Fsp3) is 0.286. The van der Waals surface area contributed by atoms with E-state index in [1.54, 1.807) is 12.1 Å². The fourth-order valence-electron chi connectivity index (χ4n) is 2.54. The van der Waals surface area contributed by atoms with Crippen LogP contribution in [0.4, 0.5) is 0 Å². The Morgan fingerprint density at radius 3 is 2.11 bits per heavy atom. The number of nitrogens with zero attached hydrogens (tertiary/aromatic N) is 1. The van der Waals surface area contributed by atoms with E-state index in [1.165, 1.54) is 11.0 Å². The van der Waals surface area contributed by atoms with Crippen molar-refractivity contribution in [2.45, 2.75) is 39.7 Å². The van der Waals surface area contributed by atoms with Crippen molar-refractivity contribution in [1.82, 2.24) is 10.8 Å². The maximum atomic E-state index is 12.3. The van der Waals surface area contributed by atoms with Crippen LogP contribution in [0.2, 0.25) is 0 Å². The number of carbonyl (C=O) groups excluding carboxylic acids is 2. The summed E-state index contributed by atoms with van der Waals surface area (Å²) in [6.07, 6.45) is 1.19. The molecule has 27 heavy (non-hydrogen) atoms. The van der Waals surface area contributed by atoms with Gasteiger partial charge in [0.2, 0.25) is 0 Å². The van der Waals surface area contributed by atoms with Gasteiger partial charge in [-0.25, -0.2) is 5.48 Å². The molecule has 2 rings (SSSR count). The van der Waals surface area contributed by atoms with Crippen LogP contribution in [0, 0.1) is 11.3 Å². The second kappa shape index (κ2) is 10.7. The number of nitriles is 1. The Hall–Kier alpha value is -3.17. The maximum Gasteiger partial charge on any atom is 0.265 e. The van der Waals surface area contributed by atoms with Crippen LogP contribution in [0.3, 0.4) is 0 Å². The molecule has 0 heterocycles. The normalized spacial score (nSPS) is 10.9. The zero-order valence-electron chi connectivity index (χ0n) is 14.5. The molecule has 0 saturated heterocycles. The summed E-state index contributed by atoms with van der Waals surface area (Å²) in [7, 11) is 0. The highest BCUT2D eigenvalue weighted by atomic mass is 16.5. The number of rotatable bonds is 7. The van der Waals surface area contributed by atoms with E-state index in [4.69, 9.17) is 10.5 Å². The summed E-state index contributed by atoms with van der Waals surface area (Å²) in [5.74, 6) is -1.19. The molecule has 0 fully saturated rings. The second-order valence-electron chi connectivity index (χ2n) is 5.83. The molecule has 0 aliphatic heterocycles. The van der Waals surface area contributed by atoms with E-state index in [0.717, 1.165) is 17.5 Å². The zero-order valence-corrected chi connectivity index (χ0v) is 14.5. The van der Waals surface area contributed by atoms with Gasteiger partial charge in [-0.3, -0.25) is 14.8 Å². The quantitative estimate of drug-likeness (QED) is 0.515. The first-order chi connectivity index (χ1) is 12.6. The number of carbonyl (C=O) groups is 2. The minimum Gasteiger partial charge on any atom is -0.340 e. The SMILES string of the molecule is C.CCc1ccc(-c2ccc(C(=O)N[C@@H](CCC#N)C(=O)NO)cc2)cc1. The van der Waals surface area contributed by atoms with Crippen molar-refractivity contribution >= 4 is 11.8 Å². The average Bonchev–Trinajstić information content (AvgIpc) is 2.70. The number of aryl methyl sites for hydroxylation is 1. The molecule has 0 unspecified atom stereocenters. The predicted octanol–water partition coefficient (Wildman–Crippen LogP) is 3.46. The van der Waals surface area contributed by atoms with Crippen LogP contribution in [0.25, 0.3) is 11.1 Å². The topological polar surface area (TPSA) is 102 Å². The Labute approximate surface area is 159 Å². The van der Waals surface area contributed by atoms with Crippen LogP contribution in [-0.2, 0) is 11.2 Å². The minimum atomic E-state index is -0.964. The Kier molecular flexibility index (Phi) is 8.70. The lowest BCUT2D eigenvalue weighted by atomic mass is 10.0. The van der Waals surface area contributed by atoms with E-state index >= 15 is 0 Å². The lowest BCUT2D eigenvalue weighted by Gasteiger charge is -2.15. The molecule has 0 aliphatic rings. The summed E-state index contributed by atoms with van der Waals surface area (Å²) < 4.78 is 0. The maximum absolute atomic E-state index is 12.3. The molecule has 142 valence electrons. The lowest BCUT2D eigenvalue weighted by molar-refractivity contribution is -0.131. The summed E-state index contributed by atoms with van der Waals surface area (Å²) in [6, 6.07) is 16.2. The van der Waals surface area contributed by atoms with Crippen LogP contribution >= 0.6 is 0 Å². The molecule has 2 amide bonds. The monoisotopic (exact) mass is 367 g/mol. The molecule has 0 radical (unpaired) electrons. The summed E-state index contributed by atoms with van der Waals surface area (Å²) in [6.45, 7) is 2.10. The molecule has 0 aromatic heterocycles. The fourth-order valence-corrected chi connectivity index (χ4v) is 2.54. The number of hydroxylamine groups is 1. The van der Waals surface area contributed by atoms with Gasteiger partial charge in [0.15, 0.2) is 0 Å². The van der Waals surface area contributed by atoms with E-state index < -0.39 is 17.9 Å². The Bertz CT molecular complexity index is 793. The van der Waals surface area contributed by atoms with Crippen molar-refractivity contribution < 1.29 is 14.8 Å². The van der Waals surface area contributed by atoms with Gasteiger partial charge in [-0.1, -0.05) is 50.7 Å². The molecule has 0 spiro atoms. The Morgan fingerprint density at radius 2 is 1.63 bits per heavy atom. The van der Waals surface area contributed by atoms with Gasteiger partial charge in [-0.05, 0) is 41.7 Å². The first-order valence-corrected chi connectivity index (χ1v) is 8.40. The molecule has 2 aromatic carbocycles. The summed E-state index contributed by atoms with van der Waals surface area (Å²) >= 11 is 0. The van der Waals surface area contributed by atoms with Crippen molar-refractivity contribution in [3.05, 3.63) is 59.7 Å². The van der Waals surface area contributed by atoms with E-state index in [2.05, 4.69) is 24.4 Å². The van der Waals surface area contributed by atoms with Gasteiger partial charge in [0.1, 0.15) is 6.04 Å². The number of nitrogens with one attached hydrogen (secondary N) is 2. The highest BCUT2D eigenvalue weighted by molar-refractivity contribution is 5.97. The van der Waals surface area contributed by atoms with Gasteiger partial charge >= 0.3 is 0 Å². The largest absolute Gasteiger partial charge is 0.340 e. The average molecular weight is 367 g/mol. The van der Waals surface area contributed by atoms with Crippen molar-refractivity contribution in [2.24, 2.45) is 0 Å². The summed E-state index contributed by atoms with van der Waals surface area (Å²) in [4.78, 5) is 23.9. The molecule has 0 saturated carbocycles. The van der Waals surface area contributed by atoms with Crippen LogP contribution < -0.4 is 10.8 Å². The lowest BCUT2D eigenvalue weighted by Crippen LogP contribution is -2.45. The van der Waals surface area contributed by atoms with Crippen molar-refractivity contribution in [2.75, 3.05) is 0 Å². The molecule has 2 aromatic rings. The molecular formula is C21H25N3O3. The van der Waals surface area contributed by atoms with Crippen LogP contribution in [0.15, 0.2) is 48.5 Å². The summed E-state index contributed by atoms with van der Waals surface area (Å²) in [5.41, 5.74) is 5.20. The standard InChI is InChI=1S/C20H21N3O3.CH4/c1-2-14-5-7-15(8-6-14)16-9-11-17(12-10-16)19(24)22-18(4-3-13-21)20(25)23-26;/h5-12,18,26H,2-4H2,1H3,(H,22,24)(H,23,25);1H4/t18-;/m0./s1. The van der Waals surface area contributed by atoms with Gasteiger partial charge in [0.25, 0.3) is 11.8 Å². The van der Waals surface area contributed by atoms with Gasteiger partial charge in [-0.2, -0.15) is 5.26 Å². The third kappa shape index (κ3) is 5.94. The van der Waals surface area contributed by atoms with E-state index in [0.29, 0.717) is 5.56 Å². The van der Waals surface area contributed by atoms with E-state index in [1.807, 2.05) is 30.3 Å². The molecule has 6 heteroatoms. The first-order valence-electron chi connectivity index (χ1n) is 8.40. The zero-order chi connectivity index (χ0) is 18.9. The minimum absolute atomic E-state index is 0. The molecular weight excluding hydrogens is 342 g/mol. The number of hydrogen-bond acceptors (Lipinski definition) is 4. The van der Waals surface area contributed by atoms with Gasteiger partial charge in [0.05, 0.1) is 6.07 Å². The number of benzene rings is 2. The van der Waals surface area contributed by atoms with Gasteiger partial charge < -0.3 is 5.32 Å². The highest BCUT2D eigenvalue weighted by Gasteiger charge is 2.20. The molecule has 3 N–H and O–H groups in total. The Balaban J connectivity index is 0.00000364. The van der Waals surface area contributed by atoms with Crippen LogP contribution in [-0.4, -0.2) is 23.1 Å². The van der Waals surface area contributed by atoms with E-state index in [-0.39, 0.29) is 20.3 Å². The third-order valence-corrected chi connectivity index (χ3v) is 4.12. The van der Waals surface area contributed by atoms with E-state index in [9.17, 15) is 9.59 Å². The second-order valence-corrected chi connectivity index (χ2v) is 5.83. The van der Waals surface area contributed by atoms with Crippen molar-refractivity contribution in [3.8, 4) is 17.2 Å². The van der Waals surface area contributed by atoms with Crippen molar-refractivity contribution in [3.63, 3.8) is 0 Å². The smallest absolute Gasteiger partial charge is 0.265 e.